The second kappa shape index (κ2) is 5.36. The summed E-state index contributed by atoms with van der Waals surface area (Å²) in [5.41, 5.74) is 4.13. The highest BCUT2D eigenvalue weighted by Gasteiger charge is 2.27. The van der Waals surface area contributed by atoms with Gasteiger partial charge in [-0.3, -0.25) is 0 Å². The predicted molar refractivity (Wildman–Crippen MR) is 146 cm³/mol. The molecule has 1 N–H and O–H groups in total. The molecule has 2 heteroatoms. The van der Waals surface area contributed by atoms with Crippen LogP contribution in [0.15, 0.2) is 78.9 Å². The Morgan fingerprint density at radius 2 is 1.18 bits per heavy atom. The van der Waals surface area contributed by atoms with Crippen molar-refractivity contribution in [3.8, 4) is 21.6 Å². The zero-order valence-corrected chi connectivity index (χ0v) is 18.7. The van der Waals surface area contributed by atoms with Crippen LogP contribution in [-0.4, -0.2) is 7.05 Å². The van der Waals surface area contributed by atoms with E-state index in [2.05, 4.69) is 84.2 Å². The summed E-state index contributed by atoms with van der Waals surface area (Å²) in [4.78, 5) is 1.40. The van der Waals surface area contributed by atoms with E-state index in [1.807, 2.05) is 18.4 Å². The maximum atomic E-state index is 3.34. The average molecular weight is 436 g/mol. The molecular weight excluding hydrogens is 418 g/mol. The van der Waals surface area contributed by atoms with Crippen LogP contribution in [-0.2, 0) is 0 Å². The highest BCUT2D eigenvalue weighted by molar-refractivity contribution is 7.20. The van der Waals surface area contributed by atoms with Crippen LogP contribution in [0.3, 0.4) is 0 Å². The predicted octanol–water partition coefficient (Wildman–Crippen LogP) is 9.23. The summed E-state index contributed by atoms with van der Waals surface area (Å²) in [7, 11) is 2.01. The molecule has 1 aliphatic rings. The summed E-state index contributed by atoms with van der Waals surface area (Å²) >= 11 is 1.86. The van der Waals surface area contributed by atoms with Crippen molar-refractivity contribution in [3.63, 3.8) is 0 Å². The van der Waals surface area contributed by atoms with Crippen molar-refractivity contribution < 1.29 is 0 Å². The Balaban J connectivity index is 1.58. The Hall–Kier alpha value is -3.88. The normalized spacial score (nSPS) is 13.0. The van der Waals surface area contributed by atoms with Gasteiger partial charge in [-0.25, -0.2) is 0 Å². The molecule has 8 aromatic rings. The van der Waals surface area contributed by atoms with Gasteiger partial charge in [0.05, 0.1) is 5.00 Å². The fourth-order valence-corrected chi connectivity index (χ4v) is 7.62. The van der Waals surface area contributed by atoms with E-state index in [1.54, 1.807) is 0 Å². The molecule has 1 aliphatic carbocycles. The molecule has 0 spiro atoms. The van der Waals surface area contributed by atoms with Gasteiger partial charge in [0.2, 0.25) is 0 Å². The van der Waals surface area contributed by atoms with E-state index >= 15 is 0 Å². The maximum absolute atomic E-state index is 3.34. The molecule has 0 fully saturated rings. The second-order valence-corrected chi connectivity index (χ2v) is 10.4. The molecule has 0 radical (unpaired) electrons. The Kier molecular flexibility index (Phi) is 2.71. The summed E-state index contributed by atoms with van der Waals surface area (Å²) < 4.78 is 0. The minimum absolute atomic E-state index is 1.23. The summed E-state index contributed by atoms with van der Waals surface area (Å²) in [5, 5.41) is 21.1. The van der Waals surface area contributed by atoms with Gasteiger partial charge < -0.3 is 5.32 Å². The quantitative estimate of drug-likeness (QED) is 0.200. The zero-order chi connectivity index (χ0) is 21.4. The van der Waals surface area contributed by atoms with Gasteiger partial charge in [-0.2, -0.15) is 0 Å². The lowest BCUT2D eigenvalue weighted by atomic mass is 9.84. The number of hydrogen-bond donors (Lipinski definition) is 1. The lowest BCUT2D eigenvalue weighted by Crippen LogP contribution is -1.91. The topological polar surface area (TPSA) is 12.0 Å². The van der Waals surface area contributed by atoms with E-state index in [9.17, 15) is 0 Å². The molecule has 0 bridgehead atoms. The number of nitrogens with one attached hydrogen (secondary N) is 1. The third-order valence-corrected chi connectivity index (χ3v) is 9.07. The number of anilines is 1. The number of hydrogen-bond acceptors (Lipinski definition) is 2. The summed E-state index contributed by atoms with van der Waals surface area (Å²) in [6, 6.07) is 30.1. The van der Waals surface area contributed by atoms with Crippen LogP contribution in [0.2, 0.25) is 0 Å². The largest absolute Gasteiger partial charge is 0.380 e. The lowest BCUT2D eigenvalue weighted by Gasteiger charge is -2.19. The van der Waals surface area contributed by atoms with Crippen LogP contribution in [0.5, 0.6) is 0 Å². The van der Waals surface area contributed by atoms with Crippen molar-refractivity contribution >= 4 is 81.0 Å². The smallest absolute Gasteiger partial charge is 0.0892 e. The maximum Gasteiger partial charge on any atom is 0.0892 e. The van der Waals surface area contributed by atoms with Crippen molar-refractivity contribution in [1.29, 1.82) is 0 Å². The van der Waals surface area contributed by atoms with Crippen molar-refractivity contribution in [3.05, 3.63) is 78.9 Å². The van der Waals surface area contributed by atoms with Crippen molar-refractivity contribution in [2.75, 3.05) is 12.4 Å². The van der Waals surface area contributed by atoms with Crippen molar-refractivity contribution in [1.82, 2.24) is 0 Å². The van der Waals surface area contributed by atoms with Gasteiger partial charge in [0.15, 0.2) is 0 Å². The Bertz CT molecular complexity index is 2080. The van der Waals surface area contributed by atoms with E-state index in [0.29, 0.717) is 0 Å². The minimum Gasteiger partial charge on any atom is -0.380 e. The molecule has 1 heterocycles. The lowest BCUT2D eigenvalue weighted by molar-refractivity contribution is 1.59. The number of rotatable bonds is 1. The molecule has 1 aromatic heterocycles. The van der Waals surface area contributed by atoms with Gasteiger partial charge in [-0.15, -0.1) is 11.3 Å². The second-order valence-electron chi connectivity index (χ2n) is 9.33. The fraction of sp³-hybridized carbons (Fsp3) is 0.0323. The van der Waals surface area contributed by atoms with E-state index in [1.165, 1.54) is 91.2 Å². The Labute approximate surface area is 193 Å². The summed E-state index contributed by atoms with van der Waals surface area (Å²) in [6.07, 6.45) is 0. The minimum atomic E-state index is 1.23. The van der Waals surface area contributed by atoms with Gasteiger partial charge in [-0.1, -0.05) is 66.7 Å². The van der Waals surface area contributed by atoms with Gasteiger partial charge >= 0.3 is 0 Å². The molecule has 152 valence electrons. The molecule has 0 saturated heterocycles. The van der Waals surface area contributed by atoms with Gasteiger partial charge in [0.1, 0.15) is 0 Å². The molecule has 0 saturated carbocycles. The first-order valence-electron chi connectivity index (χ1n) is 11.4. The summed E-state index contributed by atoms with van der Waals surface area (Å²) in [5.74, 6) is 0. The molecule has 0 atom stereocenters. The first kappa shape index (κ1) is 16.7. The molecule has 0 aliphatic heterocycles. The number of fused-ring (bicyclic) bond motifs is 5. The first-order chi connectivity index (χ1) is 16.3. The van der Waals surface area contributed by atoms with Crippen LogP contribution in [0.1, 0.15) is 0 Å². The molecule has 9 rings (SSSR count). The number of thiophene rings is 1. The van der Waals surface area contributed by atoms with Gasteiger partial charge in [-0.05, 0) is 82.3 Å². The van der Waals surface area contributed by atoms with Crippen LogP contribution in [0.4, 0.5) is 5.00 Å². The van der Waals surface area contributed by atoms with Crippen LogP contribution in [0.25, 0.3) is 86.2 Å². The Morgan fingerprint density at radius 3 is 2.03 bits per heavy atom. The molecule has 0 amide bonds. The molecule has 7 aromatic carbocycles. The third-order valence-electron chi connectivity index (χ3n) is 7.88. The van der Waals surface area contributed by atoms with Crippen molar-refractivity contribution in [2.45, 2.75) is 0 Å². The molecule has 1 nitrogen and oxygen atoms in total. The SMILES string of the molecule is CNc1cc2c(s1)-c1ccc3c4cc5cccc6ccc7ccc(c8ccc-2c1c83)c4c7c65. The molecular formula is C31H17NS. The zero-order valence-electron chi connectivity index (χ0n) is 17.9. The van der Waals surface area contributed by atoms with Crippen LogP contribution >= 0.6 is 11.3 Å². The van der Waals surface area contributed by atoms with E-state index in [0.717, 1.165) is 0 Å². The van der Waals surface area contributed by atoms with Gasteiger partial charge in [0.25, 0.3) is 0 Å². The fourth-order valence-electron chi connectivity index (χ4n) is 6.56. The number of benzene rings is 7. The molecule has 33 heavy (non-hydrogen) atoms. The van der Waals surface area contributed by atoms with Crippen LogP contribution in [0, 0.1) is 0 Å². The molecule has 0 unspecified atom stereocenters. The first-order valence-corrected chi connectivity index (χ1v) is 12.3. The van der Waals surface area contributed by atoms with Gasteiger partial charge in [0, 0.05) is 23.1 Å². The Morgan fingerprint density at radius 1 is 0.515 bits per heavy atom. The highest BCUT2D eigenvalue weighted by atomic mass is 32.1. The highest BCUT2D eigenvalue weighted by Crippen LogP contribution is 2.56. The standard InChI is InChI=1S/C31H17NS/c1-32-25-14-24-21-10-9-19-18-8-7-16-6-5-15-3-2-4-17-13-23(30(18)27(16)26(15)17)20-11-12-22(31(24)33-25)29(21)28(19)20/h2-14,32H,1H3. The van der Waals surface area contributed by atoms with Crippen molar-refractivity contribution in [2.24, 2.45) is 0 Å². The van der Waals surface area contributed by atoms with E-state index in [4.69, 9.17) is 0 Å². The average Bonchev–Trinajstić information content (AvgIpc) is 3.41. The van der Waals surface area contributed by atoms with E-state index in [-0.39, 0.29) is 0 Å². The van der Waals surface area contributed by atoms with Crippen LogP contribution < -0.4 is 5.32 Å². The van der Waals surface area contributed by atoms with E-state index < -0.39 is 0 Å². The monoisotopic (exact) mass is 435 g/mol. The summed E-state index contributed by atoms with van der Waals surface area (Å²) in [6.45, 7) is 0. The third kappa shape index (κ3) is 1.77.